The molecule has 0 saturated heterocycles. The van der Waals surface area contributed by atoms with Crippen molar-refractivity contribution in [2.45, 2.75) is 28.7 Å². The van der Waals surface area contributed by atoms with Gasteiger partial charge in [-0.05, 0) is 30.2 Å². The number of nitrogens with zero attached hydrogens (tertiary/aromatic N) is 2. The van der Waals surface area contributed by atoms with Crippen molar-refractivity contribution >= 4 is 39.3 Å². The average molecular weight is 355 g/mol. The molecular formula is C13H15BrN4OS. The van der Waals surface area contributed by atoms with Crippen LogP contribution in [0.15, 0.2) is 40.6 Å². The standard InChI is InChI=1S/C13H15BrN4OS/c1-8(2)11(14)12(19)17-9-3-5-10(6-4-9)20-13-15-7-16-18-13/h3-8,11H,1-2H3,(H,17,19)(H,15,16,18). The summed E-state index contributed by atoms with van der Waals surface area (Å²) in [4.78, 5) is 16.8. The summed E-state index contributed by atoms with van der Waals surface area (Å²) >= 11 is 4.87. The van der Waals surface area contributed by atoms with Crippen LogP contribution in [0.5, 0.6) is 0 Å². The number of carbonyl (C=O) groups excluding carboxylic acids is 1. The number of carbonyl (C=O) groups is 1. The number of amides is 1. The van der Waals surface area contributed by atoms with Crippen molar-refractivity contribution in [2.75, 3.05) is 5.32 Å². The zero-order valence-corrected chi connectivity index (χ0v) is 13.5. The summed E-state index contributed by atoms with van der Waals surface area (Å²) in [5.41, 5.74) is 0.780. The lowest BCUT2D eigenvalue weighted by Gasteiger charge is -2.13. The minimum Gasteiger partial charge on any atom is -0.325 e. The molecule has 0 spiro atoms. The van der Waals surface area contributed by atoms with E-state index in [1.807, 2.05) is 38.1 Å². The molecule has 0 radical (unpaired) electrons. The summed E-state index contributed by atoms with van der Waals surface area (Å²) in [7, 11) is 0. The fourth-order valence-electron chi connectivity index (χ4n) is 1.48. The molecule has 0 fully saturated rings. The molecule has 7 heteroatoms. The predicted molar refractivity (Wildman–Crippen MR) is 83.1 cm³/mol. The highest BCUT2D eigenvalue weighted by molar-refractivity contribution is 9.10. The maximum absolute atomic E-state index is 11.9. The van der Waals surface area contributed by atoms with Gasteiger partial charge in [0.05, 0.1) is 4.83 Å². The Morgan fingerprint density at radius 1 is 1.35 bits per heavy atom. The molecule has 1 heterocycles. The van der Waals surface area contributed by atoms with Crippen LogP contribution in [-0.4, -0.2) is 25.9 Å². The topological polar surface area (TPSA) is 70.7 Å². The van der Waals surface area contributed by atoms with E-state index in [9.17, 15) is 4.79 Å². The number of benzene rings is 1. The number of hydrogen-bond acceptors (Lipinski definition) is 4. The van der Waals surface area contributed by atoms with E-state index in [0.717, 1.165) is 15.7 Å². The van der Waals surface area contributed by atoms with Gasteiger partial charge in [-0.3, -0.25) is 9.89 Å². The van der Waals surface area contributed by atoms with Gasteiger partial charge in [-0.25, -0.2) is 4.98 Å². The molecule has 0 aliphatic rings. The highest BCUT2D eigenvalue weighted by Crippen LogP contribution is 2.25. The van der Waals surface area contributed by atoms with Gasteiger partial charge in [0.25, 0.3) is 0 Å². The summed E-state index contributed by atoms with van der Waals surface area (Å²) in [6.45, 7) is 3.99. The van der Waals surface area contributed by atoms with Crippen LogP contribution in [0.4, 0.5) is 5.69 Å². The van der Waals surface area contributed by atoms with Crippen LogP contribution >= 0.6 is 27.7 Å². The molecule has 0 bridgehead atoms. The van der Waals surface area contributed by atoms with Crippen LogP contribution in [0, 0.1) is 5.92 Å². The van der Waals surface area contributed by atoms with E-state index >= 15 is 0 Å². The first kappa shape index (κ1) is 15.1. The molecule has 5 nitrogen and oxygen atoms in total. The first-order valence-corrected chi connectivity index (χ1v) is 7.87. The Labute approximate surface area is 130 Å². The van der Waals surface area contributed by atoms with Gasteiger partial charge < -0.3 is 5.32 Å². The minimum atomic E-state index is -0.189. The SMILES string of the molecule is CC(C)C(Br)C(=O)Nc1ccc(Sc2ncn[nH]2)cc1. The van der Waals surface area contributed by atoms with E-state index in [-0.39, 0.29) is 16.7 Å². The quantitative estimate of drug-likeness (QED) is 0.808. The molecule has 0 aliphatic heterocycles. The maximum atomic E-state index is 11.9. The first-order valence-electron chi connectivity index (χ1n) is 6.14. The zero-order chi connectivity index (χ0) is 14.5. The molecule has 1 aromatic carbocycles. The highest BCUT2D eigenvalue weighted by atomic mass is 79.9. The fraction of sp³-hybridized carbons (Fsp3) is 0.308. The monoisotopic (exact) mass is 354 g/mol. The third kappa shape index (κ3) is 4.08. The van der Waals surface area contributed by atoms with E-state index in [4.69, 9.17) is 0 Å². The lowest BCUT2D eigenvalue weighted by molar-refractivity contribution is -0.116. The summed E-state index contributed by atoms with van der Waals surface area (Å²) in [5, 5.41) is 10.2. The molecule has 1 amide bonds. The number of aromatic amines is 1. The van der Waals surface area contributed by atoms with Crippen molar-refractivity contribution in [3.05, 3.63) is 30.6 Å². The predicted octanol–water partition coefficient (Wildman–Crippen LogP) is 3.31. The van der Waals surface area contributed by atoms with Crippen LogP contribution < -0.4 is 5.32 Å². The van der Waals surface area contributed by atoms with Crippen molar-refractivity contribution in [3.63, 3.8) is 0 Å². The van der Waals surface area contributed by atoms with Crippen LogP contribution in [0.1, 0.15) is 13.8 Å². The lowest BCUT2D eigenvalue weighted by Crippen LogP contribution is -2.26. The smallest absolute Gasteiger partial charge is 0.238 e. The number of anilines is 1. The van der Waals surface area contributed by atoms with E-state index < -0.39 is 0 Å². The van der Waals surface area contributed by atoms with Gasteiger partial charge in [-0.15, -0.1) is 0 Å². The Bertz CT molecular complexity index is 556. The molecule has 106 valence electrons. The van der Waals surface area contributed by atoms with Gasteiger partial charge in [0.2, 0.25) is 5.91 Å². The van der Waals surface area contributed by atoms with Gasteiger partial charge in [0.15, 0.2) is 5.16 Å². The molecule has 2 N–H and O–H groups in total. The second-order valence-electron chi connectivity index (χ2n) is 4.55. The van der Waals surface area contributed by atoms with Gasteiger partial charge in [0, 0.05) is 10.6 Å². The van der Waals surface area contributed by atoms with Crippen molar-refractivity contribution in [1.29, 1.82) is 0 Å². The average Bonchev–Trinajstić information content (AvgIpc) is 2.92. The van der Waals surface area contributed by atoms with Crippen molar-refractivity contribution in [3.8, 4) is 0 Å². The second-order valence-corrected chi connectivity index (χ2v) is 6.60. The summed E-state index contributed by atoms with van der Waals surface area (Å²) in [6.07, 6.45) is 1.47. The number of halogens is 1. The van der Waals surface area contributed by atoms with Crippen LogP contribution in [0.2, 0.25) is 0 Å². The second kappa shape index (κ2) is 6.90. The van der Waals surface area contributed by atoms with Crippen LogP contribution in [0.3, 0.4) is 0 Å². The van der Waals surface area contributed by atoms with Crippen molar-refractivity contribution < 1.29 is 4.79 Å². The molecule has 0 aliphatic carbocycles. The van der Waals surface area contributed by atoms with E-state index in [2.05, 4.69) is 36.4 Å². The first-order chi connectivity index (χ1) is 9.56. The lowest BCUT2D eigenvalue weighted by atomic mass is 10.1. The van der Waals surface area contributed by atoms with Gasteiger partial charge in [0.1, 0.15) is 6.33 Å². The Balaban J connectivity index is 1.96. The molecule has 1 unspecified atom stereocenters. The fourth-order valence-corrected chi connectivity index (χ4v) is 2.28. The minimum absolute atomic E-state index is 0.0318. The number of hydrogen-bond donors (Lipinski definition) is 2. The molecule has 1 atom stereocenters. The Kier molecular flexibility index (Phi) is 5.19. The number of aromatic nitrogens is 3. The van der Waals surface area contributed by atoms with Gasteiger partial charge >= 0.3 is 0 Å². The largest absolute Gasteiger partial charge is 0.325 e. The van der Waals surface area contributed by atoms with E-state index in [1.165, 1.54) is 18.1 Å². The zero-order valence-electron chi connectivity index (χ0n) is 11.1. The Hall–Kier alpha value is -1.34. The molecule has 2 aromatic rings. The summed E-state index contributed by atoms with van der Waals surface area (Å²) in [6, 6.07) is 7.61. The number of H-pyrrole nitrogens is 1. The van der Waals surface area contributed by atoms with Gasteiger partial charge in [-0.1, -0.05) is 41.5 Å². The Morgan fingerprint density at radius 2 is 2.05 bits per heavy atom. The third-order valence-electron chi connectivity index (χ3n) is 2.57. The van der Waals surface area contributed by atoms with E-state index in [1.54, 1.807) is 0 Å². The van der Waals surface area contributed by atoms with Crippen LogP contribution in [0.25, 0.3) is 0 Å². The third-order valence-corrected chi connectivity index (χ3v) is 4.94. The summed E-state index contributed by atoms with van der Waals surface area (Å²) in [5.74, 6) is 0.215. The van der Waals surface area contributed by atoms with Crippen LogP contribution in [-0.2, 0) is 4.79 Å². The number of rotatable bonds is 5. The molecule has 2 rings (SSSR count). The molecular weight excluding hydrogens is 340 g/mol. The maximum Gasteiger partial charge on any atom is 0.238 e. The number of alkyl halides is 1. The van der Waals surface area contributed by atoms with Crippen molar-refractivity contribution in [1.82, 2.24) is 15.2 Å². The molecule has 20 heavy (non-hydrogen) atoms. The van der Waals surface area contributed by atoms with Crippen molar-refractivity contribution in [2.24, 2.45) is 5.92 Å². The summed E-state index contributed by atoms with van der Waals surface area (Å²) < 4.78 is 0. The van der Waals surface area contributed by atoms with Gasteiger partial charge in [-0.2, -0.15) is 5.10 Å². The number of nitrogens with one attached hydrogen (secondary N) is 2. The highest BCUT2D eigenvalue weighted by Gasteiger charge is 2.18. The van der Waals surface area contributed by atoms with E-state index in [0.29, 0.717) is 0 Å². The normalized spacial score (nSPS) is 12.4. The Morgan fingerprint density at radius 3 is 2.60 bits per heavy atom. The molecule has 0 saturated carbocycles. The molecule has 1 aromatic heterocycles.